The van der Waals surface area contributed by atoms with Crippen LogP contribution in [0, 0.1) is 6.92 Å². The molecule has 0 spiro atoms. The Kier molecular flexibility index (Phi) is 3.65. The molecule has 17 heavy (non-hydrogen) atoms. The first-order valence-corrected chi connectivity index (χ1v) is 6.08. The van der Waals surface area contributed by atoms with E-state index < -0.39 is 0 Å². The Bertz CT molecular complexity index is 529. The third-order valence-corrected chi connectivity index (χ3v) is 3.09. The summed E-state index contributed by atoms with van der Waals surface area (Å²) in [6, 6.07) is 0. The number of nitrogens with one attached hydrogen (secondary N) is 1. The fourth-order valence-corrected chi connectivity index (χ4v) is 2.10. The molecule has 2 aromatic rings. The Morgan fingerprint density at radius 1 is 1.53 bits per heavy atom. The van der Waals surface area contributed by atoms with Gasteiger partial charge in [-0.1, -0.05) is 11.6 Å². The molecule has 0 aliphatic rings. The minimum atomic E-state index is 0.161. The summed E-state index contributed by atoms with van der Waals surface area (Å²) in [5.74, 6) is 0.954. The van der Waals surface area contributed by atoms with Gasteiger partial charge in [-0.2, -0.15) is 0 Å². The van der Waals surface area contributed by atoms with Gasteiger partial charge in [0.05, 0.1) is 12.1 Å². The standard InChI is InChI=1S/C10H9ClN4OS/c1-6-14-9(11)7(5-16)10(15-6)13-4-8-12-2-3-17-8/h2-3,5H,4H2,1H3,(H,13,14,15). The maximum Gasteiger partial charge on any atom is 0.156 e. The number of aromatic nitrogens is 3. The number of aryl methyl sites for hydroxylation is 1. The molecule has 0 aliphatic heterocycles. The average molecular weight is 269 g/mol. The molecule has 0 amide bonds. The van der Waals surface area contributed by atoms with Crippen LogP contribution in [0.15, 0.2) is 11.6 Å². The van der Waals surface area contributed by atoms with Gasteiger partial charge in [0, 0.05) is 11.6 Å². The monoisotopic (exact) mass is 268 g/mol. The Balaban J connectivity index is 2.22. The number of hydrogen-bond acceptors (Lipinski definition) is 6. The molecule has 0 aliphatic carbocycles. The molecule has 1 N–H and O–H groups in total. The molecule has 0 saturated heterocycles. The number of carbonyl (C=O) groups is 1. The van der Waals surface area contributed by atoms with E-state index in [1.165, 1.54) is 11.3 Å². The second-order valence-electron chi connectivity index (χ2n) is 3.22. The smallest absolute Gasteiger partial charge is 0.156 e. The first kappa shape index (κ1) is 11.9. The summed E-state index contributed by atoms with van der Waals surface area (Å²) in [7, 11) is 0. The molecular formula is C10H9ClN4OS. The van der Waals surface area contributed by atoms with Crippen molar-refractivity contribution in [3.05, 3.63) is 33.1 Å². The Morgan fingerprint density at radius 3 is 3.00 bits per heavy atom. The van der Waals surface area contributed by atoms with Crippen LogP contribution >= 0.6 is 22.9 Å². The summed E-state index contributed by atoms with van der Waals surface area (Å²) < 4.78 is 0. The van der Waals surface area contributed by atoms with Crippen molar-refractivity contribution < 1.29 is 4.79 Å². The Morgan fingerprint density at radius 2 is 2.35 bits per heavy atom. The van der Waals surface area contributed by atoms with Crippen molar-refractivity contribution in [2.75, 3.05) is 5.32 Å². The molecule has 0 saturated carbocycles. The van der Waals surface area contributed by atoms with Crippen molar-refractivity contribution in [2.45, 2.75) is 13.5 Å². The summed E-state index contributed by atoms with van der Waals surface area (Å²) in [5, 5.41) is 5.99. The summed E-state index contributed by atoms with van der Waals surface area (Å²) in [5.41, 5.74) is 0.272. The topological polar surface area (TPSA) is 67.8 Å². The summed E-state index contributed by atoms with van der Waals surface area (Å²) >= 11 is 7.39. The lowest BCUT2D eigenvalue weighted by molar-refractivity contribution is 0.112. The fraction of sp³-hybridized carbons (Fsp3) is 0.200. The van der Waals surface area contributed by atoms with Gasteiger partial charge in [0.1, 0.15) is 21.8 Å². The van der Waals surface area contributed by atoms with E-state index in [2.05, 4.69) is 20.3 Å². The van der Waals surface area contributed by atoms with Gasteiger partial charge in [-0.25, -0.2) is 15.0 Å². The number of carbonyl (C=O) groups excluding carboxylic acids is 1. The molecule has 2 heterocycles. The van der Waals surface area contributed by atoms with Gasteiger partial charge in [-0.05, 0) is 6.92 Å². The summed E-state index contributed by atoms with van der Waals surface area (Å²) in [4.78, 5) is 23.1. The number of aldehydes is 1. The number of nitrogens with zero attached hydrogens (tertiary/aromatic N) is 3. The van der Waals surface area contributed by atoms with Gasteiger partial charge in [0.2, 0.25) is 0 Å². The minimum Gasteiger partial charge on any atom is -0.363 e. The van der Waals surface area contributed by atoms with E-state index in [0.717, 1.165) is 5.01 Å². The quantitative estimate of drug-likeness (QED) is 0.681. The lowest BCUT2D eigenvalue weighted by atomic mass is 10.3. The van der Waals surface area contributed by atoms with E-state index in [0.29, 0.717) is 24.5 Å². The summed E-state index contributed by atoms with van der Waals surface area (Å²) in [6.07, 6.45) is 2.37. The van der Waals surface area contributed by atoms with Crippen molar-refractivity contribution in [3.8, 4) is 0 Å². The van der Waals surface area contributed by atoms with Gasteiger partial charge in [0.25, 0.3) is 0 Å². The number of halogens is 1. The van der Waals surface area contributed by atoms with Crippen molar-refractivity contribution in [1.29, 1.82) is 0 Å². The maximum absolute atomic E-state index is 10.9. The van der Waals surface area contributed by atoms with Crippen LogP contribution in [0.3, 0.4) is 0 Å². The first-order chi connectivity index (χ1) is 8.20. The average Bonchev–Trinajstić information content (AvgIpc) is 2.78. The molecule has 0 aromatic carbocycles. The number of rotatable bonds is 4. The predicted octanol–water partition coefficient (Wildman–Crippen LogP) is 2.32. The molecule has 88 valence electrons. The zero-order valence-electron chi connectivity index (χ0n) is 8.98. The van der Waals surface area contributed by atoms with E-state index in [1.807, 2.05) is 5.38 Å². The minimum absolute atomic E-state index is 0.161. The van der Waals surface area contributed by atoms with Crippen molar-refractivity contribution >= 4 is 35.0 Å². The van der Waals surface area contributed by atoms with Gasteiger partial charge in [-0.3, -0.25) is 4.79 Å². The fourth-order valence-electron chi connectivity index (χ4n) is 1.29. The van der Waals surface area contributed by atoms with Crippen LogP contribution in [-0.4, -0.2) is 21.2 Å². The molecule has 2 rings (SSSR count). The maximum atomic E-state index is 10.9. The first-order valence-electron chi connectivity index (χ1n) is 4.82. The van der Waals surface area contributed by atoms with E-state index in [-0.39, 0.29) is 10.7 Å². The van der Waals surface area contributed by atoms with Crippen LogP contribution in [0.25, 0.3) is 0 Å². The van der Waals surface area contributed by atoms with Crippen LogP contribution in [0.4, 0.5) is 5.82 Å². The normalized spacial score (nSPS) is 10.2. The predicted molar refractivity (Wildman–Crippen MR) is 66.6 cm³/mol. The lowest BCUT2D eigenvalue weighted by Gasteiger charge is -2.07. The lowest BCUT2D eigenvalue weighted by Crippen LogP contribution is -2.07. The molecule has 0 unspecified atom stereocenters. The van der Waals surface area contributed by atoms with E-state index in [4.69, 9.17) is 11.6 Å². The molecule has 2 aromatic heterocycles. The zero-order chi connectivity index (χ0) is 12.3. The molecule has 0 radical (unpaired) electrons. The number of anilines is 1. The van der Waals surface area contributed by atoms with E-state index in [9.17, 15) is 4.79 Å². The molecule has 5 nitrogen and oxygen atoms in total. The Hall–Kier alpha value is -1.53. The van der Waals surface area contributed by atoms with Crippen LogP contribution in [-0.2, 0) is 6.54 Å². The third kappa shape index (κ3) is 2.78. The number of hydrogen-bond donors (Lipinski definition) is 1. The van der Waals surface area contributed by atoms with Crippen LogP contribution in [0.2, 0.25) is 5.15 Å². The largest absolute Gasteiger partial charge is 0.363 e. The highest BCUT2D eigenvalue weighted by Crippen LogP contribution is 2.19. The van der Waals surface area contributed by atoms with E-state index >= 15 is 0 Å². The Labute approximate surface area is 107 Å². The second kappa shape index (κ2) is 5.20. The molecule has 0 fully saturated rings. The number of thiazole rings is 1. The summed E-state index contributed by atoms with van der Waals surface area (Å²) in [6.45, 7) is 2.22. The van der Waals surface area contributed by atoms with Crippen LogP contribution in [0.1, 0.15) is 21.2 Å². The van der Waals surface area contributed by atoms with Crippen molar-refractivity contribution in [1.82, 2.24) is 15.0 Å². The molecule has 0 bridgehead atoms. The van der Waals surface area contributed by atoms with Crippen LogP contribution in [0.5, 0.6) is 0 Å². The van der Waals surface area contributed by atoms with Gasteiger partial charge in [0.15, 0.2) is 6.29 Å². The third-order valence-electron chi connectivity index (χ3n) is 2.02. The van der Waals surface area contributed by atoms with Gasteiger partial charge >= 0.3 is 0 Å². The van der Waals surface area contributed by atoms with Crippen LogP contribution < -0.4 is 5.32 Å². The van der Waals surface area contributed by atoms with Crippen molar-refractivity contribution in [2.24, 2.45) is 0 Å². The highest BCUT2D eigenvalue weighted by atomic mass is 35.5. The SMILES string of the molecule is Cc1nc(Cl)c(C=O)c(NCc2nccs2)n1. The van der Waals surface area contributed by atoms with Gasteiger partial charge in [-0.15, -0.1) is 11.3 Å². The molecule has 0 atom stereocenters. The highest BCUT2D eigenvalue weighted by Gasteiger charge is 2.10. The van der Waals surface area contributed by atoms with Crippen molar-refractivity contribution in [3.63, 3.8) is 0 Å². The second-order valence-corrected chi connectivity index (χ2v) is 4.56. The van der Waals surface area contributed by atoms with E-state index in [1.54, 1.807) is 13.1 Å². The molecular weight excluding hydrogens is 260 g/mol. The zero-order valence-corrected chi connectivity index (χ0v) is 10.5. The molecule has 7 heteroatoms. The highest BCUT2D eigenvalue weighted by molar-refractivity contribution is 7.09. The van der Waals surface area contributed by atoms with Gasteiger partial charge < -0.3 is 5.32 Å².